The van der Waals surface area contributed by atoms with Crippen LogP contribution in [0.1, 0.15) is 65.2 Å². The molecular weight excluding hydrogens is 284 g/mol. The summed E-state index contributed by atoms with van der Waals surface area (Å²) < 4.78 is 0. The Hall–Kier alpha value is -0.780. The van der Waals surface area contributed by atoms with E-state index in [-0.39, 0.29) is 16.9 Å². The van der Waals surface area contributed by atoms with Gasteiger partial charge in [0.25, 0.3) is 0 Å². The number of hydrogen-bond donors (Lipinski definition) is 2. The molecule has 126 valence electrons. The largest absolute Gasteiger partial charge is 0.393 e. The maximum atomic E-state index is 11.0. The van der Waals surface area contributed by atoms with Gasteiger partial charge in [0.15, 0.2) is 0 Å². The van der Waals surface area contributed by atoms with Gasteiger partial charge in [-0.25, -0.2) is 0 Å². The normalized spacial score (nSPS) is 55.2. The molecule has 4 rings (SSSR count). The van der Waals surface area contributed by atoms with E-state index in [2.05, 4.69) is 25.8 Å². The molecule has 5 unspecified atom stereocenters. The molecule has 0 heterocycles. The van der Waals surface area contributed by atoms with Crippen LogP contribution in [-0.4, -0.2) is 21.9 Å². The molecule has 0 amide bonds. The Kier molecular flexibility index (Phi) is 3.33. The zero-order valence-corrected chi connectivity index (χ0v) is 14.5. The lowest BCUT2D eigenvalue weighted by atomic mass is 9.47. The zero-order chi connectivity index (χ0) is 16.5. The van der Waals surface area contributed by atoms with Gasteiger partial charge in [-0.05, 0) is 74.5 Å². The van der Waals surface area contributed by atoms with Crippen LogP contribution in [0.5, 0.6) is 0 Å². The summed E-state index contributed by atoms with van der Waals surface area (Å²) in [6, 6.07) is 0. The van der Waals surface area contributed by atoms with Gasteiger partial charge in [-0.2, -0.15) is 0 Å². The number of aliphatic hydroxyl groups is 2. The molecule has 7 atom stereocenters. The summed E-state index contributed by atoms with van der Waals surface area (Å²) >= 11 is 0. The topological polar surface area (TPSA) is 40.5 Å². The van der Waals surface area contributed by atoms with Crippen LogP contribution in [0.3, 0.4) is 0 Å². The van der Waals surface area contributed by atoms with Crippen LogP contribution in [0.25, 0.3) is 0 Å². The highest BCUT2D eigenvalue weighted by Gasteiger charge is 2.63. The molecule has 0 radical (unpaired) electrons. The molecule has 2 nitrogen and oxygen atoms in total. The van der Waals surface area contributed by atoms with Crippen molar-refractivity contribution in [1.82, 2.24) is 0 Å². The molecule has 0 saturated heterocycles. The summed E-state index contributed by atoms with van der Waals surface area (Å²) in [4.78, 5) is 0. The summed E-state index contributed by atoms with van der Waals surface area (Å²) in [6.45, 7) is 4.68. The van der Waals surface area contributed by atoms with Crippen molar-refractivity contribution in [3.05, 3.63) is 11.6 Å². The Morgan fingerprint density at radius 2 is 1.87 bits per heavy atom. The minimum absolute atomic E-state index is 0.112. The quantitative estimate of drug-likeness (QED) is 0.529. The molecule has 0 aromatic rings. The van der Waals surface area contributed by atoms with Gasteiger partial charge in [-0.3, -0.25) is 0 Å². The molecule has 3 fully saturated rings. The van der Waals surface area contributed by atoms with E-state index in [0.717, 1.165) is 44.9 Å². The van der Waals surface area contributed by atoms with Gasteiger partial charge < -0.3 is 10.2 Å². The first-order valence-electron chi connectivity index (χ1n) is 9.42. The van der Waals surface area contributed by atoms with Gasteiger partial charge in [0.1, 0.15) is 5.60 Å². The van der Waals surface area contributed by atoms with E-state index in [9.17, 15) is 10.2 Å². The van der Waals surface area contributed by atoms with E-state index in [1.807, 2.05) is 0 Å². The van der Waals surface area contributed by atoms with Crippen LogP contribution in [0.15, 0.2) is 11.6 Å². The predicted octanol–water partition coefficient (Wildman–Crippen LogP) is 3.67. The first-order chi connectivity index (χ1) is 10.8. The van der Waals surface area contributed by atoms with Crippen LogP contribution < -0.4 is 0 Å². The molecule has 0 bridgehead atoms. The third-order valence-corrected chi connectivity index (χ3v) is 8.47. The van der Waals surface area contributed by atoms with Gasteiger partial charge in [0.2, 0.25) is 0 Å². The van der Waals surface area contributed by atoms with Crippen molar-refractivity contribution < 1.29 is 10.2 Å². The molecule has 3 saturated carbocycles. The van der Waals surface area contributed by atoms with E-state index in [4.69, 9.17) is 6.42 Å². The zero-order valence-electron chi connectivity index (χ0n) is 14.5. The van der Waals surface area contributed by atoms with Crippen molar-refractivity contribution in [2.75, 3.05) is 0 Å². The minimum atomic E-state index is -0.906. The van der Waals surface area contributed by atoms with Crippen molar-refractivity contribution in [2.24, 2.45) is 28.6 Å². The van der Waals surface area contributed by atoms with Crippen molar-refractivity contribution in [2.45, 2.75) is 76.9 Å². The second kappa shape index (κ2) is 4.87. The van der Waals surface area contributed by atoms with Crippen LogP contribution in [0.2, 0.25) is 0 Å². The SMILES string of the molecule is C#CC1(O)CCC2C3CC=C4CC(O)CC[C@]4(C)C3CC[C@@]21C. The van der Waals surface area contributed by atoms with Gasteiger partial charge in [0, 0.05) is 5.41 Å². The highest BCUT2D eigenvalue weighted by atomic mass is 16.3. The summed E-state index contributed by atoms with van der Waals surface area (Å²) in [5, 5.41) is 21.0. The predicted molar refractivity (Wildman–Crippen MR) is 91.5 cm³/mol. The molecule has 0 aliphatic heterocycles. The molecule has 0 spiro atoms. The lowest BCUT2D eigenvalue weighted by Gasteiger charge is -2.58. The summed E-state index contributed by atoms with van der Waals surface area (Å²) in [6.07, 6.45) is 16.1. The average molecular weight is 314 g/mol. The van der Waals surface area contributed by atoms with E-state index in [0.29, 0.717) is 17.8 Å². The lowest BCUT2D eigenvalue weighted by molar-refractivity contribution is -0.0969. The van der Waals surface area contributed by atoms with E-state index >= 15 is 0 Å². The van der Waals surface area contributed by atoms with E-state index in [1.165, 1.54) is 12.0 Å². The minimum Gasteiger partial charge on any atom is -0.393 e. The number of aliphatic hydroxyl groups excluding tert-OH is 1. The van der Waals surface area contributed by atoms with Crippen molar-refractivity contribution in [3.8, 4) is 12.3 Å². The smallest absolute Gasteiger partial charge is 0.130 e. The fraction of sp³-hybridized carbons (Fsp3) is 0.810. The summed E-state index contributed by atoms with van der Waals surface area (Å²) in [5.74, 6) is 4.65. The maximum absolute atomic E-state index is 11.0. The molecule has 4 aliphatic carbocycles. The molecule has 0 aromatic carbocycles. The van der Waals surface area contributed by atoms with Gasteiger partial charge in [-0.1, -0.05) is 31.4 Å². The van der Waals surface area contributed by atoms with E-state index < -0.39 is 5.60 Å². The third-order valence-electron chi connectivity index (χ3n) is 8.47. The second-order valence-electron chi connectivity index (χ2n) is 9.16. The monoisotopic (exact) mass is 314 g/mol. The number of terminal acetylenes is 1. The standard InChI is InChI=1S/C21H30O2/c1-4-21(23)12-9-18-16-6-5-14-13-15(22)7-10-19(14,2)17(16)8-11-20(18,21)3/h1,5,15-18,22-23H,6-13H2,2-3H3/t15?,16?,17?,18?,19-,20-,21?/m0/s1. The average Bonchev–Trinajstić information content (AvgIpc) is 2.80. The molecule has 2 N–H and O–H groups in total. The summed E-state index contributed by atoms with van der Waals surface area (Å²) in [5.41, 5.74) is 0.751. The van der Waals surface area contributed by atoms with Crippen molar-refractivity contribution in [1.29, 1.82) is 0 Å². The Balaban J connectivity index is 1.69. The van der Waals surface area contributed by atoms with E-state index in [1.54, 1.807) is 0 Å². The number of allylic oxidation sites excluding steroid dienone is 1. The second-order valence-corrected chi connectivity index (χ2v) is 9.16. The Bertz CT molecular complexity index is 587. The first kappa shape index (κ1) is 15.7. The van der Waals surface area contributed by atoms with Crippen molar-refractivity contribution >= 4 is 0 Å². The molecule has 2 heteroatoms. The number of rotatable bonds is 0. The Morgan fingerprint density at radius 1 is 1.13 bits per heavy atom. The first-order valence-corrected chi connectivity index (χ1v) is 9.42. The lowest BCUT2D eigenvalue weighted by Crippen LogP contribution is -2.54. The van der Waals surface area contributed by atoms with Gasteiger partial charge in [0.05, 0.1) is 6.10 Å². The van der Waals surface area contributed by atoms with Crippen molar-refractivity contribution in [3.63, 3.8) is 0 Å². The highest BCUT2D eigenvalue weighted by molar-refractivity contribution is 5.28. The highest BCUT2D eigenvalue weighted by Crippen LogP contribution is 2.66. The Morgan fingerprint density at radius 3 is 2.61 bits per heavy atom. The third kappa shape index (κ3) is 1.90. The van der Waals surface area contributed by atoms with Crippen LogP contribution in [0, 0.1) is 40.9 Å². The van der Waals surface area contributed by atoms with Crippen LogP contribution >= 0.6 is 0 Å². The van der Waals surface area contributed by atoms with Gasteiger partial charge >= 0.3 is 0 Å². The van der Waals surface area contributed by atoms with Crippen LogP contribution in [0.4, 0.5) is 0 Å². The fourth-order valence-corrected chi connectivity index (χ4v) is 6.89. The molecule has 23 heavy (non-hydrogen) atoms. The Labute approximate surface area is 140 Å². The molecule has 4 aliphatic rings. The van der Waals surface area contributed by atoms with Gasteiger partial charge in [-0.15, -0.1) is 6.42 Å². The number of fused-ring (bicyclic) bond motifs is 5. The van der Waals surface area contributed by atoms with Crippen LogP contribution in [-0.2, 0) is 0 Å². The molecular formula is C21H30O2. The maximum Gasteiger partial charge on any atom is 0.130 e. The number of hydrogen-bond acceptors (Lipinski definition) is 2. The molecule has 0 aromatic heterocycles. The summed E-state index contributed by atoms with van der Waals surface area (Å²) in [7, 11) is 0. The fourth-order valence-electron chi connectivity index (χ4n) is 6.89.